The minimum absolute atomic E-state index is 0.275. The third-order valence-corrected chi connectivity index (χ3v) is 3.27. The molecule has 1 unspecified atom stereocenters. The average Bonchev–Trinajstić information content (AvgIpc) is 2.70. The second-order valence-electron chi connectivity index (χ2n) is 5.39. The molecule has 0 bridgehead atoms. The minimum atomic E-state index is 0.275. The molecule has 1 N–H and O–H groups in total. The number of rotatable bonds is 9. The molecule has 18 heavy (non-hydrogen) atoms. The Bertz CT molecular complexity index is 338. The van der Waals surface area contributed by atoms with Crippen molar-refractivity contribution < 1.29 is 4.74 Å². The molecule has 1 heterocycles. The highest BCUT2D eigenvalue weighted by atomic mass is 16.5. The summed E-state index contributed by atoms with van der Waals surface area (Å²) in [4.78, 5) is 0. The lowest BCUT2D eigenvalue weighted by atomic mass is 9.81. The molecule has 0 saturated heterocycles. The Morgan fingerprint density at radius 1 is 1.50 bits per heavy atom. The van der Waals surface area contributed by atoms with Crippen molar-refractivity contribution >= 4 is 0 Å². The highest BCUT2D eigenvalue weighted by Gasteiger charge is 2.24. The first-order valence-corrected chi connectivity index (χ1v) is 6.78. The van der Waals surface area contributed by atoms with E-state index in [1.165, 1.54) is 18.5 Å². The highest BCUT2D eigenvalue weighted by Crippen LogP contribution is 2.26. The molecule has 1 aromatic rings. The van der Waals surface area contributed by atoms with Crippen LogP contribution in [0, 0.1) is 5.41 Å². The molecule has 0 spiro atoms. The molecular weight excluding hydrogens is 226 g/mol. The Morgan fingerprint density at radius 2 is 2.28 bits per heavy atom. The fourth-order valence-electron chi connectivity index (χ4n) is 2.40. The van der Waals surface area contributed by atoms with Gasteiger partial charge >= 0.3 is 0 Å². The highest BCUT2D eigenvalue weighted by molar-refractivity contribution is 5.03. The Balaban J connectivity index is 2.50. The average molecular weight is 253 g/mol. The lowest BCUT2D eigenvalue weighted by molar-refractivity contribution is 0.189. The number of nitrogens with one attached hydrogen (secondary N) is 1. The van der Waals surface area contributed by atoms with E-state index in [4.69, 9.17) is 4.74 Å². The van der Waals surface area contributed by atoms with Crippen LogP contribution in [0.25, 0.3) is 0 Å². The molecule has 0 aliphatic rings. The van der Waals surface area contributed by atoms with Gasteiger partial charge in [0.25, 0.3) is 0 Å². The van der Waals surface area contributed by atoms with Gasteiger partial charge in [0.15, 0.2) is 0 Å². The van der Waals surface area contributed by atoms with Crippen LogP contribution in [0.1, 0.15) is 32.4 Å². The van der Waals surface area contributed by atoms with Crippen LogP contribution >= 0.6 is 0 Å². The summed E-state index contributed by atoms with van der Waals surface area (Å²) in [6.07, 6.45) is 5.46. The van der Waals surface area contributed by atoms with Gasteiger partial charge in [-0.1, -0.05) is 20.3 Å². The van der Waals surface area contributed by atoms with Crippen molar-refractivity contribution in [3.63, 3.8) is 0 Å². The van der Waals surface area contributed by atoms with E-state index >= 15 is 0 Å². The molecule has 4 nitrogen and oxygen atoms in total. The summed E-state index contributed by atoms with van der Waals surface area (Å²) in [6.45, 7) is 7.28. The van der Waals surface area contributed by atoms with E-state index in [0.29, 0.717) is 0 Å². The van der Waals surface area contributed by atoms with Gasteiger partial charge < -0.3 is 10.1 Å². The summed E-state index contributed by atoms with van der Waals surface area (Å²) in [7, 11) is 3.71. The molecule has 1 aromatic heterocycles. The fraction of sp³-hybridized carbons (Fsp3) is 0.786. The van der Waals surface area contributed by atoms with Gasteiger partial charge in [-0.15, -0.1) is 0 Å². The summed E-state index contributed by atoms with van der Waals surface area (Å²) < 4.78 is 6.94. The lowest BCUT2D eigenvalue weighted by Gasteiger charge is -2.29. The molecule has 0 aliphatic heterocycles. The van der Waals surface area contributed by atoms with Gasteiger partial charge in [0.05, 0.1) is 12.3 Å². The van der Waals surface area contributed by atoms with Gasteiger partial charge in [0.1, 0.15) is 0 Å². The predicted molar refractivity (Wildman–Crippen MR) is 74.7 cm³/mol. The molecule has 0 saturated carbocycles. The maximum Gasteiger partial charge on any atom is 0.0630 e. The monoisotopic (exact) mass is 253 g/mol. The van der Waals surface area contributed by atoms with Gasteiger partial charge in [-0.2, -0.15) is 5.10 Å². The number of aryl methyl sites for hydroxylation is 1. The van der Waals surface area contributed by atoms with Crippen molar-refractivity contribution in [1.29, 1.82) is 0 Å². The molecule has 0 aromatic carbocycles. The predicted octanol–water partition coefficient (Wildman–Crippen LogP) is 2.00. The summed E-state index contributed by atoms with van der Waals surface area (Å²) in [6, 6.07) is 2.11. The van der Waals surface area contributed by atoms with Crippen LogP contribution in [-0.2, 0) is 18.2 Å². The number of aromatic nitrogens is 2. The summed E-state index contributed by atoms with van der Waals surface area (Å²) >= 11 is 0. The molecule has 0 amide bonds. The second-order valence-corrected chi connectivity index (χ2v) is 5.39. The number of hydrogen-bond donors (Lipinski definition) is 1. The fourth-order valence-corrected chi connectivity index (χ4v) is 2.40. The van der Waals surface area contributed by atoms with Crippen molar-refractivity contribution in [1.82, 2.24) is 15.1 Å². The zero-order chi connectivity index (χ0) is 13.4. The van der Waals surface area contributed by atoms with Crippen LogP contribution in [0.2, 0.25) is 0 Å². The molecule has 0 aliphatic carbocycles. The third kappa shape index (κ3) is 5.19. The van der Waals surface area contributed by atoms with E-state index in [1.54, 1.807) is 7.11 Å². The quantitative estimate of drug-likeness (QED) is 0.684. The van der Waals surface area contributed by atoms with E-state index in [-0.39, 0.29) is 5.41 Å². The Morgan fingerprint density at radius 3 is 2.83 bits per heavy atom. The normalized spacial score (nSPS) is 14.7. The van der Waals surface area contributed by atoms with Crippen molar-refractivity contribution in [3.05, 3.63) is 18.0 Å². The van der Waals surface area contributed by atoms with Gasteiger partial charge in [-0.05, 0) is 24.3 Å². The first kappa shape index (κ1) is 15.2. The van der Waals surface area contributed by atoms with Gasteiger partial charge in [0, 0.05) is 33.4 Å². The summed E-state index contributed by atoms with van der Waals surface area (Å²) in [5.41, 5.74) is 1.46. The summed E-state index contributed by atoms with van der Waals surface area (Å²) in [5, 5.41) is 7.97. The second kappa shape index (κ2) is 7.54. The van der Waals surface area contributed by atoms with E-state index in [1.807, 2.05) is 17.9 Å². The smallest absolute Gasteiger partial charge is 0.0630 e. The SMILES string of the molecule is CCCC(C)(CNCCOC)Cc1ccn(C)n1. The molecule has 0 radical (unpaired) electrons. The zero-order valence-corrected chi connectivity index (χ0v) is 12.2. The number of nitrogens with zero attached hydrogens (tertiary/aromatic N) is 2. The van der Waals surface area contributed by atoms with Crippen molar-refractivity contribution in [2.75, 3.05) is 26.8 Å². The van der Waals surface area contributed by atoms with Crippen molar-refractivity contribution in [2.24, 2.45) is 12.5 Å². The van der Waals surface area contributed by atoms with Crippen LogP contribution in [-0.4, -0.2) is 36.6 Å². The first-order valence-electron chi connectivity index (χ1n) is 6.78. The molecule has 0 fully saturated rings. The van der Waals surface area contributed by atoms with Crippen LogP contribution in [0.15, 0.2) is 12.3 Å². The van der Waals surface area contributed by atoms with Crippen LogP contribution < -0.4 is 5.32 Å². The topological polar surface area (TPSA) is 39.1 Å². The first-order chi connectivity index (χ1) is 8.59. The van der Waals surface area contributed by atoms with Gasteiger partial charge in [-0.25, -0.2) is 0 Å². The van der Waals surface area contributed by atoms with Crippen LogP contribution in [0.3, 0.4) is 0 Å². The van der Waals surface area contributed by atoms with E-state index in [0.717, 1.165) is 26.1 Å². The number of ether oxygens (including phenoxy) is 1. The Hall–Kier alpha value is -0.870. The molecule has 4 heteroatoms. The summed E-state index contributed by atoms with van der Waals surface area (Å²) in [5.74, 6) is 0. The minimum Gasteiger partial charge on any atom is -0.383 e. The van der Waals surface area contributed by atoms with Crippen LogP contribution in [0.5, 0.6) is 0 Å². The van der Waals surface area contributed by atoms with E-state index in [2.05, 4.69) is 30.3 Å². The molecule has 1 rings (SSSR count). The van der Waals surface area contributed by atoms with Crippen molar-refractivity contribution in [2.45, 2.75) is 33.1 Å². The standard InChI is InChI=1S/C14H27N3O/c1-5-7-14(2,12-15-8-10-18-4)11-13-6-9-17(3)16-13/h6,9,15H,5,7-8,10-12H2,1-4H3. The van der Waals surface area contributed by atoms with Crippen molar-refractivity contribution in [3.8, 4) is 0 Å². The largest absolute Gasteiger partial charge is 0.383 e. The molecule has 1 atom stereocenters. The van der Waals surface area contributed by atoms with Crippen LogP contribution in [0.4, 0.5) is 0 Å². The Kier molecular flexibility index (Phi) is 6.36. The maximum absolute atomic E-state index is 5.06. The maximum atomic E-state index is 5.06. The zero-order valence-electron chi connectivity index (χ0n) is 12.2. The van der Waals surface area contributed by atoms with Gasteiger partial charge in [0.2, 0.25) is 0 Å². The third-order valence-electron chi connectivity index (χ3n) is 3.27. The molecule has 104 valence electrons. The Labute approximate surface area is 111 Å². The molecular formula is C14H27N3O. The van der Waals surface area contributed by atoms with Gasteiger partial charge in [-0.3, -0.25) is 4.68 Å². The number of hydrogen-bond acceptors (Lipinski definition) is 3. The lowest BCUT2D eigenvalue weighted by Crippen LogP contribution is -2.35. The van der Waals surface area contributed by atoms with E-state index in [9.17, 15) is 0 Å². The van der Waals surface area contributed by atoms with E-state index < -0.39 is 0 Å². The number of methoxy groups -OCH3 is 1.